The molecule has 0 radical (unpaired) electrons. The fourth-order valence-electron chi connectivity index (χ4n) is 0.763. The smallest absolute Gasteiger partial charge is 0.315 e. The largest absolute Gasteiger partial charge is 0.327 e. The number of azide groups is 2. The van der Waals surface area contributed by atoms with E-state index in [0.717, 1.165) is 0 Å². The van der Waals surface area contributed by atoms with Gasteiger partial charge in [0, 0.05) is 9.82 Å². The van der Waals surface area contributed by atoms with Crippen LogP contribution >= 0.6 is 0 Å². The number of carbonyl (C=O) groups excluding carboxylic acids is 1. The molecule has 62 valence electrons. The monoisotopic (exact) mass is 168 g/mol. The number of nitrogens with zero attached hydrogens (tertiary/aromatic N) is 6. The van der Waals surface area contributed by atoms with E-state index in [9.17, 15) is 4.79 Å². The van der Waals surface area contributed by atoms with Crippen LogP contribution in [0.1, 0.15) is 0 Å². The molecule has 2 N–H and O–H groups in total. The number of rotatable bonds is 2. The van der Waals surface area contributed by atoms with Crippen LogP contribution in [0.2, 0.25) is 0 Å². The van der Waals surface area contributed by atoms with Gasteiger partial charge in [0.15, 0.2) is 0 Å². The maximum Gasteiger partial charge on any atom is 0.315 e. The maximum absolute atomic E-state index is 10.6. The highest BCUT2D eigenvalue weighted by atomic mass is 16.2. The molecule has 12 heavy (non-hydrogen) atoms. The molecule has 1 heterocycles. The summed E-state index contributed by atoms with van der Waals surface area (Å²) in [5.74, 6) is 0. The van der Waals surface area contributed by atoms with Crippen molar-refractivity contribution in [1.29, 1.82) is 0 Å². The summed E-state index contributed by atoms with van der Waals surface area (Å²) in [6.45, 7) is 0. The molecule has 1 aliphatic rings. The van der Waals surface area contributed by atoms with Gasteiger partial charge in [0.25, 0.3) is 0 Å². The summed E-state index contributed by atoms with van der Waals surface area (Å²) in [4.78, 5) is 15.6. The molecule has 0 unspecified atom stereocenters. The normalized spacial score (nSPS) is 26.2. The molecule has 1 aliphatic heterocycles. The lowest BCUT2D eigenvalue weighted by Gasteiger charge is -2.04. The van der Waals surface area contributed by atoms with Crippen molar-refractivity contribution in [1.82, 2.24) is 10.6 Å². The zero-order valence-electron chi connectivity index (χ0n) is 5.75. The molecule has 2 amide bonds. The lowest BCUT2D eigenvalue weighted by Crippen LogP contribution is -2.28. The quantitative estimate of drug-likeness (QED) is 0.347. The van der Waals surface area contributed by atoms with Gasteiger partial charge in [-0.15, -0.1) is 0 Å². The fraction of sp³-hybridized carbons (Fsp3) is 0.667. The third-order valence-electron chi connectivity index (χ3n) is 1.21. The van der Waals surface area contributed by atoms with E-state index in [-0.39, 0.29) is 0 Å². The lowest BCUT2D eigenvalue weighted by molar-refractivity contribution is 0.247. The average Bonchev–Trinajstić information content (AvgIpc) is 2.33. The molecule has 0 saturated carbocycles. The number of carbonyl (C=O) groups is 1. The predicted molar refractivity (Wildman–Crippen MR) is 37.5 cm³/mol. The average molecular weight is 168 g/mol. The van der Waals surface area contributed by atoms with E-state index in [2.05, 4.69) is 30.7 Å². The van der Waals surface area contributed by atoms with Crippen LogP contribution < -0.4 is 10.6 Å². The topological polar surface area (TPSA) is 139 Å². The van der Waals surface area contributed by atoms with E-state index in [1.807, 2.05) is 0 Å². The third kappa shape index (κ3) is 1.48. The Balaban J connectivity index is 2.77. The highest BCUT2D eigenvalue weighted by Crippen LogP contribution is 2.04. The zero-order chi connectivity index (χ0) is 8.97. The molecule has 0 spiro atoms. The van der Waals surface area contributed by atoms with Gasteiger partial charge in [0.05, 0.1) is 0 Å². The Labute approximate surface area is 66.0 Å². The fourth-order valence-corrected chi connectivity index (χ4v) is 0.763. The molecule has 1 fully saturated rings. The summed E-state index contributed by atoms with van der Waals surface area (Å²) in [5, 5.41) is 10.9. The summed E-state index contributed by atoms with van der Waals surface area (Å²) in [7, 11) is 0. The second kappa shape index (κ2) is 3.33. The SMILES string of the molecule is [N-]=[N+]=N[C@@H]1NC(=O)N[C@H]1N=[N+]=[N-]. The number of hydrogen-bond donors (Lipinski definition) is 2. The van der Waals surface area contributed by atoms with Gasteiger partial charge in [-0.05, 0) is 11.1 Å². The Kier molecular flexibility index (Phi) is 2.22. The molecule has 0 aromatic heterocycles. The molecular weight excluding hydrogens is 164 g/mol. The number of urea groups is 1. The van der Waals surface area contributed by atoms with Gasteiger partial charge in [0.1, 0.15) is 12.3 Å². The maximum atomic E-state index is 10.6. The van der Waals surface area contributed by atoms with Crippen molar-refractivity contribution in [3.8, 4) is 0 Å². The molecule has 9 nitrogen and oxygen atoms in total. The third-order valence-corrected chi connectivity index (χ3v) is 1.21. The molecule has 0 aromatic carbocycles. The number of hydrogen-bond acceptors (Lipinski definition) is 3. The molecular formula is C3H4N8O. The van der Waals surface area contributed by atoms with Crippen molar-refractivity contribution < 1.29 is 4.79 Å². The summed E-state index contributed by atoms with van der Waals surface area (Å²) in [6.07, 6.45) is -1.70. The minimum Gasteiger partial charge on any atom is -0.327 e. The highest BCUT2D eigenvalue weighted by Gasteiger charge is 2.29. The Morgan fingerprint density at radius 2 is 1.58 bits per heavy atom. The van der Waals surface area contributed by atoms with Crippen LogP contribution in [0.4, 0.5) is 4.79 Å². The van der Waals surface area contributed by atoms with E-state index in [1.54, 1.807) is 0 Å². The van der Waals surface area contributed by atoms with Gasteiger partial charge >= 0.3 is 6.03 Å². The summed E-state index contributed by atoms with van der Waals surface area (Å²) in [6, 6.07) is -0.523. The zero-order valence-corrected chi connectivity index (χ0v) is 5.75. The van der Waals surface area contributed by atoms with E-state index in [4.69, 9.17) is 11.1 Å². The van der Waals surface area contributed by atoms with Crippen LogP contribution in [0.3, 0.4) is 0 Å². The number of nitrogens with one attached hydrogen (secondary N) is 2. The first-order valence-corrected chi connectivity index (χ1v) is 2.93. The molecule has 0 bridgehead atoms. The highest BCUT2D eigenvalue weighted by molar-refractivity contribution is 5.77. The molecule has 1 saturated heterocycles. The van der Waals surface area contributed by atoms with Crippen molar-refractivity contribution in [3.63, 3.8) is 0 Å². The van der Waals surface area contributed by atoms with Gasteiger partial charge in [-0.25, -0.2) is 4.79 Å². The Morgan fingerprint density at radius 1 is 1.17 bits per heavy atom. The Bertz CT molecular complexity index is 257. The Hall–Kier alpha value is -2.11. The van der Waals surface area contributed by atoms with Crippen LogP contribution in [0.15, 0.2) is 10.2 Å². The molecule has 9 heteroatoms. The summed E-state index contributed by atoms with van der Waals surface area (Å²) < 4.78 is 0. The van der Waals surface area contributed by atoms with Crippen molar-refractivity contribution in [3.05, 3.63) is 20.9 Å². The van der Waals surface area contributed by atoms with Crippen molar-refractivity contribution in [2.45, 2.75) is 12.3 Å². The molecule has 0 aromatic rings. The summed E-state index contributed by atoms with van der Waals surface area (Å²) >= 11 is 0. The van der Waals surface area contributed by atoms with Gasteiger partial charge in [-0.3, -0.25) is 0 Å². The van der Waals surface area contributed by atoms with Crippen LogP contribution in [-0.4, -0.2) is 18.4 Å². The van der Waals surface area contributed by atoms with Crippen molar-refractivity contribution in [2.24, 2.45) is 10.2 Å². The first kappa shape index (κ1) is 7.99. The Morgan fingerprint density at radius 3 is 1.92 bits per heavy atom. The van der Waals surface area contributed by atoms with E-state index >= 15 is 0 Å². The van der Waals surface area contributed by atoms with E-state index in [1.165, 1.54) is 0 Å². The lowest BCUT2D eigenvalue weighted by atomic mass is 10.4. The van der Waals surface area contributed by atoms with Crippen molar-refractivity contribution in [2.75, 3.05) is 0 Å². The standard InChI is InChI=1S/C3H4N8O/c4-10-8-1-2(9-11-5)7-3(12)6-1/h1-2H,(H2,6,7,12)/t1-,2-/m0/s1. The van der Waals surface area contributed by atoms with E-state index < -0.39 is 18.4 Å². The van der Waals surface area contributed by atoms with Crippen LogP contribution in [0.5, 0.6) is 0 Å². The predicted octanol–water partition coefficient (Wildman–Crippen LogP) is 0.572. The van der Waals surface area contributed by atoms with Crippen LogP contribution in [0.25, 0.3) is 20.9 Å². The first-order valence-electron chi connectivity index (χ1n) is 2.93. The van der Waals surface area contributed by atoms with Gasteiger partial charge < -0.3 is 10.6 Å². The van der Waals surface area contributed by atoms with Crippen molar-refractivity contribution >= 4 is 6.03 Å². The first-order chi connectivity index (χ1) is 5.77. The van der Waals surface area contributed by atoms with Gasteiger partial charge in [-0.2, -0.15) is 0 Å². The van der Waals surface area contributed by atoms with Crippen LogP contribution in [0, 0.1) is 0 Å². The molecule has 2 atom stereocenters. The minimum atomic E-state index is -0.849. The minimum absolute atomic E-state index is 0.523. The van der Waals surface area contributed by atoms with Crippen LogP contribution in [-0.2, 0) is 0 Å². The molecule has 0 aliphatic carbocycles. The second-order valence-electron chi connectivity index (χ2n) is 1.92. The number of amides is 2. The van der Waals surface area contributed by atoms with Gasteiger partial charge in [-0.1, -0.05) is 10.2 Å². The van der Waals surface area contributed by atoms with Gasteiger partial charge in [0.2, 0.25) is 0 Å². The van der Waals surface area contributed by atoms with E-state index in [0.29, 0.717) is 0 Å². The second-order valence-corrected chi connectivity index (χ2v) is 1.92. The molecule has 1 rings (SSSR count). The summed E-state index contributed by atoms with van der Waals surface area (Å²) in [5.41, 5.74) is 16.1.